The van der Waals surface area contributed by atoms with Crippen LogP contribution in [0.3, 0.4) is 0 Å². The minimum absolute atomic E-state index is 0.0370. The van der Waals surface area contributed by atoms with Crippen LogP contribution in [0.1, 0.15) is 23.9 Å². The van der Waals surface area contributed by atoms with Gasteiger partial charge in [-0.2, -0.15) is 0 Å². The zero-order valence-corrected chi connectivity index (χ0v) is 9.08. The van der Waals surface area contributed by atoms with E-state index in [9.17, 15) is 4.79 Å². The zero-order valence-electron chi connectivity index (χ0n) is 8.33. The fourth-order valence-corrected chi connectivity index (χ4v) is 1.87. The SMILES string of the molecule is [CH]c1nc(Cl)nc2c1CN(C(C)=O)CC2. The van der Waals surface area contributed by atoms with Gasteiger partial charge in [0.2, 0.25) is 11.2 Å². The Hall–Kier alpha value is -1.16. The Kier molecular flexibility index (Phi) is 2.61. The maximum absolute atomic E-state index is 11.2. The molecule has 1 aromatic heterocycles. The molecule has 4 nitrogen and oxygen atoms in total. The van der Waals surface area contributed by atoms with E-state index in [4.69, 9.17) is 18.5 Å². The highest BCUT2D eigenvalue weighted by Crippen LogP contribution is 2.21. The van der Waals surface area contributed by atoms with E-state index in [2.05, 4.69) is 9.97 Å². The van der Waals surface area contributed by atoms with Crippen LogP contribution in [-0.4, -0.2) is 27.3 Å². The summed E-state index contributed by atoms with van der Waals surface area (Å²) in [5.74, 6) is 0.0370. The Labute approximate surface area is 93.3 Å². The maximum atomic E-state index is 11.2. The summed E-state index contributed by atoms with van der Waals surface area (Å²) < 4.78 is 0. The Morgan fingerprint density at radius 1 is 1.53 bits per heavy atom. The number of rotatable bonds is 0. The minimum atomic E-state index is 0.0370. The van der Waals surface area contributed by atoms with Gasteiger partial charge in [-0.15, -0.1) is 0 Å². The van der Waals surface area contributed by atoms with E-state index in [1.54, 1.807) is 4.90 Å². The molecule has 0 N–H and O–H groups in total. The van der Waals surface area contributed by atoms with Crippen LogP contribution in [0.5, 0.6) is 0 Å². The van der Waals surface area contributed by atoms with E-state index in [-0.39, 0.29) is 11.2 Å². The van der Waals surface area contributed by atoms with Crippen LogP contribution >= 0.6 is 11.6 Å². The summed E-state index contributed by atoms with van der Waals surface area (Å²) in [4.78, 5) is 20.9. The first kappa shape index (κ1) is 10.4. The van der Waals surface area contributed by atoms with Crippen molar-refractivity contribution in [3.63, 3.8) is 0 Å². The van der Waals surface area contributed by atoms with Crippen molar-refractivity contribution in [2.75, 3.05) is 6.54 Å². The highest BCUT2D eigenvalue weighted by molar-refractivity contribution is 6.28. The molecule has 0 aliphatic carbocycles. The molecule has 0 atom stereocenters. The topological polar surface area (TPSA) is 46.1 Å². The molecule has 1 aliphatic heterocycles. The molecule has 1 aliphatic rings. The summed E-state index contributed by atoms with van der Waals surface area (Å²) in [5.41, 5.74) is 2.04. The van der Waals surface area contributed by atoms with Gasteiger partial charge in [-0.3, -0.25) is 4.79 Å². The normalized spacial score (nSPS) is 15.0. The second-order valence-electron chi connectivity index (χ2n) is 3.49. The van der Waals surface area contributed by atoms with Gasteiger partial charge < -0.3 is 4.90 Å². The molecule has 1 amide bonds. The fourth-order valence-electron chi connectivity index (χ4n) is 1.68. The standard InChI is InChI=1S/C10H10ClN3O/c1-6-8-5-14(7(2)15)4-3-9(8)13-10(11)12-6/h1H,3-5H2,2H3. The smallest absolute Gasteiger partial charge is 0.222 e. The first-order valence-electron chi connectivity index (χ1n) is 4.64. The molecule has 0 unspecified atom stereocenters. The van der Waals surface area contributed by atoms with Gasteiger partial charge in [0.25, 0.3) is 0 Å². The van der Waals surface area contributed by atoms with Crippen molar-refractivity contribution >= 4 is 17.5 Å². The molecule has 15 heavy (non-hydrogen) atoms. The highest BCUT2D eigenvalue weighted by atomic mass is 35.5. The van der Waals surface area contributed by atoms with Crippen LogP contribution in [0, 0.1) is 6.92 Å². The van der Waals surface area contributed by atoms with E-state index in [1.165, 1.54) is 6.92 Å². The lowest BCUT2D eigenvalue weighted by molar-refractivity contribution is -0.129. The monoisotopic (exact) mass is 223 g/mol. The number of nitrogens with zero attached hydrogens (tertiary/aromatic N) is 3. The predicted octanol–water partition coefficient (Wildman–Crippen LogP) is 1.09. The van der Waals surface area contributed by atoms with Gasteiger partial charge in [0.1, 0.15) is 0 Å². The highest BCUT2D eigenvalue weighted by Gasteiger charge is 2.21. The number of carbonyl (C=O) groups is 1. The van der Waals surface area contributed by atoms with Crippen LogP contribution in [-0.2, 0) is 17.8 Å². The van der Waals surface area contributed by atoms with Gasteiger partial charge in [-0.25, -0.2) is 9.97 Å². The average molecular weight is 224 g/mol. The lowest BCUT2D eigenvalue weighted by Crippen LogP contribution is -2.35. The predicted molar refractivity (Wildman–Crippen MR) is 55.2 cm³/mol. The van der Waals surface area contributed by atoms with E-state index >= 15 is 0 Å². The van der Waals surface area contributed by atoms with E-state index in [1.807, 2.05) is 0 Å². The Morgan fingerprint density at radius 3 is 2.93 bits per heavy atom. The Morgan fingerprint density at radius 2 is 2.27 bits per heavy atom. The number of hydrogen-bond acceptors (Lipinski definition) is 3. The maximum Gasteiger partial charge on any atom is 0.222 e. The summed E-state index contributed by atoms with van der Waals surface area (Å²) in [7, 11) is 0. The molecule has 1 aromatic rings. The fraction of sp³-hybridized carbons (Fsp3) is 0.400. The lowest BCUT2D eigenvalue weighted by atomic mass is 10.0. The van der Waals surface area contributed by atoms with Gasteiger partial charge in [-0.1, -0.05) is 0 Å². The number of aromatic nitrogens is 2. The van der Waals surface area contributed by atoms with Gasteiger partial charge >= 0.3 is 0 Å². The molecule has 0 bridgehead atoms. The molecule has 5 heteroatoms. The molecule has 2 radical (unpaired) electrons. The van der Waals surface area contributed by atoms with Crippen molar-refractivity contribution in [3.05, 3.63) is 29.2 Å². The van der Waals surface area contributed by atoms with Crippen LogP contribution in [0.4, 0.5) is 0 Å². The van der Waals surface area contributed by atoms with Crippen LogP contribution < -0.4 is 0 Å². The first-order chi connectivity index (χ1) is 7.08. The molecule has 0 aromatic carbocycles. The summed E-state index contributed by atoms with van der Waals surface area (Å²) >= 11 is 5.70. The van der Waals surface area contributed by atoms with Crippen molar-refractivity contribution in [3.8, 4) is 0 Å². The van der Waals surface area contributed by atoms with Gasteiger partial charge in [0, 0.05) is 38.9 Å². The third-order valence-electron chi connectivity index (χ3n) is 2.51. The number of carbonyl (C=O) groups excluding carboxylic acids is 1. The van der Waals surface area contributed by atoms with Crippen molar-refractivity contribution in [1.82, 2.24) is 14.9 Å². The quantitative estimate of drug-likeness (QED) is 0.619. The zero-order chi connectivity index (χ0) is 11.0. The molecular formula is C10H10ClN3O. The summed E-state index contributed by atoms with van der Waals surface area (Å²) in [6, 6.07) is 0. The first-order valence-corrected chi connectivity index (χ1v) is 5.02. The Bertz CT molecular complexity index is 419. The van der Waals surface area contributed by atoms with E-state index in [0.717, 1.165) is 11.3 Å². The molecule has 0 saturated heterocycles. The number of halogens is 1. The molecule has 78 valence electrons. The van der Waals surface area contributed by atoms with Crippen molar-refractivity contribution in [1.29, 1.82) is 0 Å². The van der Waals surface area contributed by atoms with Crippen LogP contribution in [0.2, 0.25) is 5.28 Å². The minimum Gasteiger partial charge on any atom is -0.338 e. The van der Waals surface area contributed by atoms with Crippen molar-refractivity contribution < 1.29 is 4.79 Å². The molecule has 2 rings (SSSR count). The molecule has 0 spiro atoms. The summed E-state index contributed by atoms with van der Waals surface area (Å²) in [6.45, 7) is 8.41. The van der Waals surface area contributed by atoms with Crippen LogP contribution in [0.15, 0.2) is 0 Å². The van der Waals surface area contributed by atoms with Crippen molar-refractivity contribution in [2.45, 2.75) is 19.9 Å². The molecule has 0 saturated carbocycles. The van der Waals surface area contributed by atoms with Gasteiger partial charge in [0.15, 0.2) is 0 Å². The molecule has 0 fully saturated rings. The third-order valence-corrected chi connectivity index (χ3v) is 2.68. The van der Waals surface area contributed by atoms with Crippen molar-refractivity contribution in [2.24, 2.45) is 0 Å². The Balaban J connectivity index is 2.37. The van der Waals surface area contributed by atoms with Gasteiger partial charge in [-0.05, 0) is 11.6 Å². The average Bonchev–Trinajstić information content (AvgIpc) is 2.16. The number of hydrogen-bond donors (Lipinski definition) is 0. The van der Waals surface area contributed by atoms with E-state index < -0.39 is 0 Å². The third kappa shape index (κ3) is 1.95. The molecule has 2 heterocycles. The lowest BCUT2D eigenvalue weighted by Gasteiger charge is -2.27. The molecular weight excluding hydrogens is 214 g/mol. The largest absolute Gasteiger partial charge is 0.338 e. The summed E-state index contributed by atoms with van der Waals surface area (Å²) in [5, 5.41) is 0.169. The second kappa shape index (κ2) is 3.77. The van der Waals surface area contributed by atoms with Gasteiger partial charge in [0.05, 0.1) is 11.4 Å². The number of fused-ring (bicyclic) bond motifs is 1. The second-order valence-corrected chi connectivity index (χ2v) is 3.83. The summed E-state index contributed by atoms with van der Waals surface area (Å²) in [6.07, 6.45) is 0.682. The van der Waals surface area contributed by atoms with Crippen LogP contribution in [0.25, 0.3) is 0 Å². The number of amides is 1. The van der Waals surface area contributed by atoms with E-state index in [0.29, 0.717) is 25.2 Å².